The van der Waals surface area contributed by atoms with E-state index in [0.717, 1.165) is 5.39 Å². The zero-order valence-corrected chi connectivity index (χ0v) is 13.7. The Morgan fingerprint density at radius 1 is 1.23 bits per heavy atom. The second-order valence-electron chi connectivity index (χ2n) is 5.88. The van der Waals surface area contributed by atoms with Crippen molar-refractivity contribution in [2.24, 2.45) is 5.92 Å². The second-order valence-corrected chi connectivity index (χ2v) is 7.69. The highest BCUT2D eigenvalue weighted by Crippen LogP contribution is 2.17. The largest absolute Gasteiger partial charge is 0.392 e. The van der Waals surface area contributed by atoms with Crippen LogP contribution in [0.25, 0.3) is 10.9 Å². The minimum Gasteiger partial charge on any atom is -0.392 e. The number of nitrogens with one attached hydrogen (secondary N) is 1. The lowest BCUT2D eigenvalue weighted by molar-refractivity contribution is 0.152. The van der Waals surface area contributed by atoms with Crippen LogP contribution in [0, 0.1) is 5.92 Å². The molecule has 120 valence electrons. The molecule has 1 heterocycles. The van der Waals surface area contributed by atoms with Gasteiger partial charge in [-0.25, -0.2) is 13.1 Å². The number of fused-ring (bicyclic) bond motifs is 1. The summed E-state index contributed by atoms with van der Waals surface area (Å²) in [6.45, 7) is 4.01. The Bertz CT molecular complexity index is 724. The molecule has 0 aliphatic carbocycles. The molecular weight excluding hydrogens is 300 g/mol. The van der Waals surface area contributed by atoms with Crippen molar-refractivity contribution < 1.29 is 13.5 Å². The summed E-state index contributed by atoms with van der Waals surface area (Å²) < 4.78 is 26.8. The predicted octanol–water partition coefficient (Wildman–Crippen LogP) is 2.06. The second kappa shape index (κ2) is 7.17. The van der Waals surface area contributed by atoms with Gasteiger partial charge < -0.3 is 5.11 Å². The molecular formula is C16H22N2O3S. The van der Waals surface area contributed by atoms with Crippen molar-refractivity contribution in [3.63, 3.8) is 0 Å². The van der Waals surface area contributed by atoms with Crippen LogP contribution in [0.15, 0.2) is 36.5 Å². The number of aliphatic hydroxyl groups is 1. The Balaban J connectivity index is 2.08. The Morgan fingerprint density at radius 2 is 1.95 bits per heavy atom. The van der Waals surface area contributed by atoms with E-state index >= 15 is 0 Å². The first-order valence-corrected chi connectivity index (χ1v) is 9.00. The summed E-state index contributed by atoms with van der Waals surface area (Å²) in [5.74, 6) is 0.178. The quantitative estimate of drug-likeness (QED) is 0.818. The zero-order chi connectivity index (χ0) is 16.2. The van der Waals surface area contributed by atoms with Gasteiger partial charge in [0.1, 0.15) is 0 Å². The van der Waals surface area contributed by atoms with E-state index in [9.17, 15) is 13.5 Å². The summed E-state index contributed by atoms with van der Waals surface area (Å²) >= 11 is 0. The van der Waals surface area contributed by atoms with Crippen LogP contribution >= 0.6 is 0 Å². The van der Waals surface area contributed by atoms with Crippen LogP contribution in [-0.4, -0.2) is 31.2 Å². The maximum Gasteiger partial charge on any atom is 0.215 e. The molecule has 0 aliphatic heterocycles. The molecule has 5 nitrogen and oxygen atoms in total. The number of aromatic nitrogens is 1. The van der Waals surface area contributed by atoms with Crippen LogP contribution in [0.1, 0.15) is 25.8 Å². The number of rotatable bonds is 7. The van der Waals surface area contributed by atoms with E-state index in [0.29, 0.717) is 23.4 Å². The van der Waals surface area contributed by atoms with Gasteiger partial charge in [-0.05, 0) is 24.0 Å². The molecule has 2 aromatic rings. The van der Waals surface area contributed by atoms with E-state index in [1.165, 1.54) is 0 Å². The molecule has 0 saturated heterocycles. The van der Waals surface area contributed by atoms with Gasteiger partial charge in [-0.3, -0.25) is 4.98 Å². The SMILES string of the molecule is CC(C)CC(O)CNS(=O)(=O)Cc1cccc2cccnc12. The first kappa shape index (κ1) is 16.9. The molecule has 0 saturated carbocycles. The van der Waals surface area contributed by atoms with Crippen LogP contribution in [0.3, 0.4) is 0 Å². The molecule has 1 aromatic carbocycles. The number of nitrogens with zero attached hydrogens (tertiary/aromatic N) is 1. The normalized spacial score (nSPS) is 13.6. The summed E-state index contributed by atoms with van der Waals surface area (Å²) in [4.78, 5) is 4.26. The lowest BCUT2D eigenvalue weighted by atomic mass is 10.1. The molecule has 0 fully saturated rings. The fourth-order valence-electron chi connectivity index (χ4n) is 2.39. The lowest BCUT2D eigenvalue weighted by Crippen LogP contribution is -2.33. The Morgan fingerprint density at radius 3 is 2.68 bits per heavy atom. The molecule has 22 heavy (non-hydrogen) atoms. The Kier molecular flexibility index (Phi) is 5.50. The molecule has 0 aliphatic rings. The van der Waals surface area contributed by atoms with Crippen molar-refractivity contribution in [3.05, 3.63) is 42.1 Å². The van der Waals surface area contributed by atoms with E-state index in [2.05, 4.69) is 9.71 Å². The third-order valence-electron chi connectivity index (χ3n) is 3.34. The fraction of sp³-hybridized carbons (Fsp3) is 0.438. The third-order valence-corrected chi connectivity index (χ3v) is 4.64. The third kappa shape index (κ3) is 4.76. The average Bonchev–Trinajstić information content (AvgIpc) is 2.45. The summed E-state index contributed by atoms with van der Waals surface area (Å²) in [5.41, 5.74) is 1.35. The maximum absolute atomic E-state index is 12.2. The number of hydrogen-bond acceptors (Lipinski definition) is 4. The topological polar surface area (TPSA) is 79.3 Å². The average molecular weight is 322 g/mol. The van der Waals surface area contributed by atoms with Gasteiger partial charge in [-0.1, -0.05) is 38.1 Å². The molecule has 0 radical (unpaired) electrons. The van der Waals surface area contributed by atoms with E-state index in [4.69, 9.17) is 0 Å². The molecule has 0 spiro atoms. The van der Waals surface area contributed by atoms with Gasteiger partial charge in [0.25, 0.3) is 0 Å². The molecule has 0 amide bonds. The van der Waals surface area contributed by atoms with Gasteiger partial charge in [0.15, 0.2) is 0 Å². The molecule has 2 N–H and O–H groups in total. The number of benzene rings is 1. The van der Waals surface area contributed by atoms with Crippen molar-refractivity contribution in [1.82, 2.24) is 9.71 Å². The predicted molar refractivity (Wildman–Crippen MR) is 87.8 cm³/mol. The van der Waals surface area contributed by atoms with Crippen LogP contribution in [0.5, 0.6) is 0 Å². The minimum atomic E-state index is -3.51. The number of para-hydroxylation sites is 1. The molecule has 0 bridgehead atoms. The summed E-state index contributed by atoms with van der Waals surface area (Å²) in [6, 6.07) is 9.21. The molecule has 6 heteroatoms. The van der Waals surface area contributed by atoms with Gasteiger partial charge >= 0.3 is 0 Å². The summed E-state index contributed by atoms with van der Waals surface area (Å²) in [6.07, 6.45) is 1.55. The van der Waals surface area contributed by atoms with Crippen LogP contribution < -0.4 is 4.72 Å². The zero-order valence-electron chi connectivity index (χ0n) is 12.9. The highest BCUT2D eigenvalue weighted by molar-refractivity contribution is 7.88. The monoisotopic (exact) mass is 322 g/mol. The number of aliphatic hydroxyl groups excluding tert-OH is 1. The highest BCUT2D eigenvalue weighted by Gasteiger charge is 2.16. The first-order chi connectivity index (χ1) is 10.4. The summed E-state index contributed by atoms with van der Waals surface area (Å²) in [5, 5.41) is 10.7. The van der Waals surface area contributed by atoms with Crippen LogP contribution in [0.4, 0.5) is 0 Å². The minimum absolute atomic E-state index is 0.0404. The number of pyridine rings is 1. The van der Waals surface area contributed by atoms with E-state index < -0.39 is 16.1 Å². The van der Waals surface area contributed by atoms with Crippen molar-refractivity contribution in [2.45, 2.75) is 32.1 Å². The molecule has 1 atom stereocenters. The van der Waals surface area contributed by atoms with Gasteiger partial charge in [-0.2, -0.15) is 0 Å². The number of sulfonamides is 1. The van der Waals surface area contributed by atoms with E-state index in [1.54, 1.807) is 12.3 Å². The van der Waals surface area contributed by atoms with Gasteiger partial charge in [0.05, 0.1) is 17.4 Å². The van der Waals surface area contributed by atoms with Crippen LogP contribution in [-0.2, 0) is 15.8 Å². The Labute approximate surface area is 131 Å². The van der Waals surface area contributed by atoms with Crippen molar-refractivity contribution >= 4 is 20.9 Å². The molecule has 1 aromatic heterocycles. The first-order valence-electron chi connectivity index (χ1n) is 7.35. The van der Waals surface area contributed by atoms with E-state index in [1.807, 2.05) is 38.1 Å². The highest BCUT2D eigenvalue weighted by atomic mass is 32.2. The molecule has 1 unspecified atom stereocenters. The smallest absolute Gasteiger partial charge is 0.215 e. The van der Waals surface area contributed by atoms with Gasteiger partial charge in [0, 0.05) is 18.1 Å². The van der Waals surface area contributed by atoms with Gasteiger partial charge in [-0.15, -0.1) is 0 Å². The lowest BCUT2D eigenvalue weighted by Gasteiger charge is -2.14. The van der Waals surface area contributed by atoms with Crippen LogP contribution in [0.2, 0.25) is 0 Å². The number of hydrogen-bond donors (Lipinski definition) is 2. The van der Waals surface area contributed by atoms with Gasteiger partial charge in [0.2, 0.25) is 10.0 Å². The standard InChI is InChI=1S/C16H22N2O3S/c1-12(2)9-15(19)10-18-22(20,21)11-14-6-3-5-13-7-4-8-17-16(13)14/h3-8,12,15,18-19H,9-11H2,1-2H3. The fourth-order valence-corrected chi connectivity index (χ4v) is 3.58. The summed E-state index contributed by atoms with van der Waals surface area (Å²) in [7, 11) is -3.51. The van der Waals surface area contributed by atoms with E-state index in [-0.39, 0.29) is 12.3 Å². The van der Waals surface area contributed by atoms with Crippen molar-refractivity contribution in [3.8, 4) is 0 Å². The molecule has 2 rings (SSSR count). The Hall–Kier alpha value is -1.50. The maximum atomic E-state index is 12.2. The van der Waals surface area contributed by atoms with Crippen molar-refractivity contribution in [2.75, 3.05) is 6.54 Å². The van der Waals surface area contributed by atoms with Crippen molar-refractivity contribution in [1.29, 1.82) is 0 Å².